The van der Waals surface area contributed by atoms with Gasteiger partial charge >= 0.3 is 5.97 Å². The quantitative estimate of drug-likeness (QED) is 0.681. The summed E-state index contributed by atoms with van der Waals surface area (Å²) in [4.78, 5) is 35.7. The summed E-state index contributed by atoms with van der Waals surface area (Å²) in [7, 11) is 0. The molecule has 0 bridgehead atoms. The maximum Gasteiger partial charge on any atom is 0.306 e. The van der Waals surface area contributed by atoms with E-state index < -0.39 is 5.97 Å². The number of carboxylic acids is 1. The lowest BCUT2D eigenvalue weighted by atomic mass is 10.1. The molecular formula is C11H13NO4. The Labute approximate surface area is 92.4 Å². The number of hydrogen-bond donors (Lipinski definition) is 1. The van der Waals surface area contributed by atoms with Gasteiger partial charge in [0.15, 0.2) is 0 Å². The molecule has 1 heterocycles. The molecule has 0 aromatic rings. The van der Waals surface area contributed by atoms with Gasteiger partial charge in [0.05, 0.1) is 17.8 Å². The van der Waals surface area contributed by atoms with Gasteiger partial charge in [-0.25, -0.2) is 0 Å². The minimum Gasteiger partial charge on any atom is -0.481 e. The molecule has 0 radical (unpaired) electrons. The van der Waals surface area contributed by atoms with Crippen LogP contribution in [-0.4, -0.2) is 33.8 Å². The lowest BCUT2D eigenvalue weighted by Gasteiger charge is -2.23. The average Bonchev–Trinajstić information content (AvgIpc) is 2.82. The van der Waals surface area contributed by atoms with Crippen molar-refractivity contribution in [2.24, 2.45) is 17.8 Å². The van der Waals surface area contributed by atoms with Gasteiger partial charge in [-0.1, -0.05) is 0 Å². The predicted octanol–water partition coefficient (Wildman–Crippen LogP) is 0.245. The number of aliphatic carboxylic acids is 1. The third-order valence-corrected chi connectivity index (χ3v) is 4.02. The third kappa shape index (κ3) is 1.20. The van der Waals surface area contributed by atoms with E-state index in [1.165, 1.54) is 4.90 Å². The Bertz CT molecular complexity index is 371. The highest BCUT2D eigenvalue weighted by atomic mass is 16.4. The fourth-order valence-corrected chi connectivity index (χ4v) is 2.98. The highest BCUT2D eigenvalue weighted by Crippen LogP contribution is 2.49. The van der Waals surface area contributed by atoms with Gasteiger partial charge in [-0.3, -0.25) is 19.3 Å². The monoisotopic (exact) mass is 223 g/mol. The molecule has 2 amide bonds. The number of rotatable bonds is 2. The molecule has 0 aromatic heterocycles. The summed E-state index contributed by atoms with van der Waals surface area (Å²) >= 11 is 0. The van der Waals surface area contributed by atoms with Gasteiger partial charge in [0.2, 0.25) is 11.8 Å². The van der Waals surface area contributed by atoms with Gasteiger partial charge in [0.1, 0.15) is 0 Å². The van der Waals surface area contributed by atoms with Gasteiger partial charge < -0.3 is 5.11 Å². The molecule has 1 saturated heterocycles. The van der Waals surface area contributed by atoms with Crippen molar-refractivity contribution in [3.63, 3.8) is 0 Å². The fraction of sp³-hybridized carbons (Fsp3) is 0.727. The number of fused-ring (bicyclic) bond motifs is 1. The number of carbonyl (C=O) groups excluding carboxylic acids is 2. The van der Waals surface area contributed by atoms with E-state index in [9.17, 15) is 14.4 Å². The summed E-state index contributed by atoms with van der Waals surface area (Å²) in [5, 5.41) is 8.88. The molecule has 16 heavy (non-hydrogen) atoms. The number of piperidine rings is 1. The number of imide groups is 1. The lowest BCUT2D eigenvalue weighted by molar-refractivity contribution is -0.146. The van der Waals surface area contributed by atoms with Crippen molar-refractivity contribution in [1.82, 2.24) is 4.90 Å². The lowest BCUT2D eigenvalue weighted by Crippen LogP contribution is -2.40. The maximum atomic E-state index is 11.8. The molecular weight excluding hydrogens is 210 g/mol. The summed E-state index contributed by atoms with van der Waals surface area (Å²) in [5.74, 6) is -1.47. The summed E-state index contributed by atoms with van der Waals surface area (Å²) in [6.45, 7) is 0. The van der Waals surface area contributed by atoms with E-state index in [2.05, 4.69) is 0 Å². The standard InChI is InChI=1S/C11H13NO4/c13-9-7-4-8(7)10(14)12(9)6-2-1-5(3-6)11(15)16/h5-8H,1-4H2,(H,15,16)/t5-,6+,7?,8?/m1/s1. The van der Waals surface area contributed by atoms with Gasteiger partial charge in [0, 0.05) is 6.04 Å². The molecule has 3 rings (SSSR count). The smallest absolute Gasteiger partial charge is 0.306 e. The molecule has 86 valence electrons. The number of likely N-dealkylation sites (tertiary alicyclic amines) is 1. The molecule has 0 spiro atoms. The maximum absolute atomic E-state index is 11.8. The van der Waals surface area contributed by atoms with E-state index in [4.69, 9.17) is 5.11 Å². The Balaban J connectivity index is 1.73. The van der Waals surface area contributed by atoms with Crippen molar-refractivity contribution in [3.05, 3.63) is 0 Å². The molecule has 3 fully saturated rings. The van der Waals surface area contributed by atoms with Crippen LogP contribution in [0.4, 0.5) is 0 Å². The van der Waals surface area contributed by atoms with Crippen LogP contribution in [0.15, 0.2) is 0 Å². The van der Waals surface area contributed by atoms with E-state index in [-0.39, 0.29) is 35.6 Å². The topological polar surface area (TPSA) is 74.7 Å². The molecule has 2 saturated carbocycles. The van der Waals surface area contributed by atoms with E-state index in [1.54, 1.807) is 0 Å². The molecule has 3 aliphatic rings. The highest BCUT2D eigenvalue weighted by molar-refractivity contribution is 6.09. The zero-order chi connectivity index (χ0) is 11.4. The Kier molecular flexibility index (Phi) is 1.87. The van der Waals surface area contributed by atoms with Crippen molar-refractivity contribution in [2.75, 3.05) is 0 Å². The van der Waals surface area contributed by atoms with Crippen LogP contribution in [0.5, 0.6) is 0 Å². The first-order valence-electron chi connectivity index (χ1n) is 5.69. The van der Waals surface area contributed by atoms with Gasteiger partial charge in [-0.2, -0.15) is 0 Å². The second kappa shape index (κ2) is 3.06. The van der Waals surface area contributed by atoms with Crippen molar-refractivity contribution in [1.29, 1.82) is 0 Å². The second-order valence-electron chi connectivity index (χ2n) is 5.00. The Morgan fingerprint density at radius 1 is 1.12 bits per heavy atom. The highest BCUT2D eigenvalue weighted by Gasteiger charge is 2.60. The number of carbonyl (C=O) groups is 3. The van der Waals surface area contributed by atoms with Gasteiger partial charge in [-0.05, 0) is 25.7 Å². The molecule has 2 aliphatic carbocycles. The number of carboxylic acid groups (broad SMARTS) is 1. The van der Waals surface area contributed by atoms with Crippen LogP contribution in [0.2, 0.25) is 0 Å². The predicted molar refractivity (Wildman–Crippen MR) is 52.2 cm³/mol. The van der Waals surface area contributed by atoms with Crippen LogP contribution in [0.25, 0.3) is 0 Å². The molecule has 5 heteroatoms. The average molecular weight is 223 g/mol. The molecule has 2 unspecified atom stereocenters. The zero-order valence-corrected chi connectivity index (χ0v) is 8.76. The third-order valence-electron chi connectivity index (χ3n) is 4.02. The van der Waals surface area contributed by atoms with Crippen LogP contribution in [0, 0.1) is 17.8 Å². The largest absolute Gasteiger partial charge is 0.481 e. The molecule has 1 N–H and O–H groups in total. The van der Waals surface area contributed by atoms with Crippen LogP contribution >= 0.6 is 0 Å². The normalized spacial score (nSPS) is 41.4. The van der Waals surface area contributed by atoms with Gasteiger partial charge in [0.25, 0.3) is 0 Å². The number of nitrogens with zero attached hydrogens (tertiary/aromatic N) is 1. The Morgan fingerprint density at radius 2 is 1.75 bits per heavy atom. The van der Waals surface area contributed by atoms with Crippen LogP contribution < -0.4 is 0 Å². The van der Waals surface area contributed by atoms with Crippen molar-refractivity contribution in [3.8, 4) is 0 Å². The Hall–Kier alpha value is -1.39. The molecule has 0 aromatic carbocycles. The van der Waals surface area contributed by atoms with E-state index in [1.807, 2.05) is 0 Å². The van der Waals surface area contributed by atoms with Crippen LogP contribution in [-0.2, 0) is 14.4 Å². The fourth-order valence-electron chi connectivity index (χ4n) is 2.98. The van der Waals surface area contributed by atoms with Gasteiger partial charge in [-0.15, -0.1) is 0 Å². The summed E-state index contributed by atoms with van der Waals surface area (Å²) in [6.07, 6.45) is 2.37. The number of amides is 2. The number of hydrogen-bond acceptors (Lipinski definition) is 3. The summed E-state index contributed by atoms with van der Waals surface area (Å²) < 4.78 is 0. The first-order chi connectivity index (χ1) is 7.59. The SMILES string of the molecule is O=C(O)[C@@H]1CC[C@H](N2C(=O)C3CC3C2=O)C1. The summed E-state index contributed by atoms with van der Waals surface area (Å²) in [5.41, 5.74) is 0. The first-order valence-corrected chi connectivity index (χ1v) is 5.69. The van der Waals surface area contributed by atoms with Crippen LogP contribution in [0.1, 0.15) is 25.7 Å². The van der Waals surface area contributed by atoms with Crippen molar-refractivity contribution >= 4 is 17.8 Å². The summed E-state index contributed by atoms with van der Waals surface area (Å²) in [6, 6.07) is -0.158. The minimum absolute atomic E-state index is 0.0639. The van der Waals surface area contributed by atoms with Crippen molar-refractivity contribution in [2.45, 2.75) is 31.7 Å². The minimum atomic E-state index is -0.813. The van der Waals surface area contributed by atoms with E-state index in [0.29, 0.717) is 25.7 Å². The molecule has 5 nitrogen and oxygen atoms in total. The molecule has 1 aliphatic heterocycles. The first kappa shape index (κ1) is 9.81. The second-order valence-corrected chi connectivity index (χ2v) is 5.00. The van der Waals surface area contributed by atoms with Crippen molar-refractivity contribution < 1.29 is 19.5 Å². The Morgan fingerprint density at radius 3 is 2.25 bits per heavy atom. The zero-order valence-electron chi connectivity index (χ0n) is 8.76. The van der Waals surface area contributed by atoms with E-state index >= 15 is 0 Å². The van der Waals surface area contributed by atoms with E-state index in [0.717, 1.165) is 0 Å². The molecule has 4 atom stereocenters. The van der Waals surface area contributed by atoms with Crippen LogP contribution in [0.3, 0.4) is 0 Å².